The summed E-state index contributed by atoms with van der Waals surface area (Å²) in [4.78, 5) is 12.4. The van der Waals surface area contributed by atoms with Gasteiger partial charge in [-0.25, -0.2) is 4.79 Å². The van der Waals surface area contributed by atoms with Gasteiger partial charge in [0.1, 0.15) is 23.2 Å². The second-order valence-corrected chi connectivity index (χ2v) is 13.7. The first-order valence-electron chi connectivity index (χ1n) is 12.1. The van der Waals surface area contributed by atoms with Gasteiger partial charge in [-0.15, -0.1) is 0 Å². The van der Waals surface area contributed by atoms with Gasteiger partial charge in [-0.3, -0.25) is 0 Å². The van der Waals surface area contributed by atoms with Crippen LogP contribution >= 0.6 is 23.2 Å². The highest BCUT2D eigenvalue weighted by molar-refractivity contribution is 9.10. The van der Waals surface area contributed by atoms with E-state index in [-0.39, 0.29) is 12.6 Å². The summed E-state index contributed by atoms with van der Waals surface area (Å²) in [5.41, 5.74) is -0.483. The zero-order chi connectivity index (χ0) is 25.4. The van der Waals surface area contributed by atoms with Gasteiger partial charge in [0, 0.05) is 17.3 Å². The second-order valence-electron chi connectivity index (χ2n) is 9.18. The van der Waals surface area contributed by atoms with Crippen LogP contribution in [0.25, 0.3) is 0 Å². The Kier molecular flexibility index (Phi) is 8.74. The van der Waals surface area contributed by atoms with Crippen molar-refractivity contribution in [2.24, 2.45) is 0 Å². The average Bonchev–Trinajstić information content (AvgIpc) is 2.91. The molecule has 3 nitrogen and oxygen atoms in total. The highest BCUT2D eigenvalue weighted by Crippen LogP contribution is 2.56. The Morgan fingerprint density at radius 1 is 0.750 bits per heavy atom. The first-order valence-corrected chi connectivity index (χ1v) is 14.9. The molecule has 0 aliphatic carbocycles. The molecular formula is C31H31BrO3P+. The summed E-state index contributed by atoms with van der Waals surface area (Å²) in [5.74, 6) is -0.377. The summed E-state index contributed by atoms with van der Waals surface area (Å²) in [5, 5.41) is 15.2. The fourth-order valence-corrected chi connectivity index (χ4v) is 9.24. The van der Waals surface area contributed by atoms with E-state index in [0.29, 0.717) is 18.4 Å². The molecule has 0 aliphatic heterocycles. The van der Waals surface area contributed by atoms with Gasteiger partial charge in [0.05, 0.1) is 23.9 Å². The molecule has 36 heavy (non-hydrogen) atoms. The first-order chi connectivity index (χ1) is 17.4. The second kappa shape index (κ2) is 12.0. The van der Waals surface area contributed by atoms with Crippen LogP contribution in [0, 0.1) is 0 Å². The molecule has 0 saturated heterocycles. The number of carbonyl (C=O) groups excluding carboxylic acids is 1. The molecule has 0 saturated carbocycles. The summed E-state index contributed by atoms with van der Waals surface area (Å²) in [7, 11) is -2.03. The van der Waals surface area contributed by atoms with E-state index in [2.05, 4.69) is 88.7 Å². The van der Waals surface area contributed by atoms with Crippen LogP contribution in [0.15, 0.2) is 120 Å². The van der Waals surface area contributed by atoms with Crippen molar-refractivity contribution in [2.75, 3.05) is 12.8 Å². The minimum absolute atomic E-state index is 0.162. The Labute approximate surface area is 222 Å². The fraction of sp³-hybridized carbons (Fsp3) is 0.194. The van der Waals surface area contributed by atoms with E-state index >= 15 is 0 Å². The maximum Gasteiger partial charge on any atom is 0.338 e. The van der Waals surface area contributed by atoms with Crippen molar-refractivity contribution >= 4 is 45.1 Å². The summed E-state index contributed by atoms with van der Waals surface area (Å²) in [6.07, 6.45) is 1.75. The summed E-state index contributed by atoms with van der Waals surface area (Å²) < 4.78 is 6.39. The molecule has 0 bridgehead atoms. The quantitative estimate of drug-likeness (QED) is 0.187. The van der Waals surface area contributed by atoms with Crippen molar-refractivity contribution in [1.29, 1.82) is 0 Å². The Morgan fingerprint density at radius 2 is 1.19 bits per heavy atom. The monoisotopic (exact) mass is 561 g/mol. The summed E-state index contributed by atoms with van der Waals surface area (Å²) >= 11 is 3.37. The van der Waals surface area contributed by atoms with Crippen LogP contribution in [0.4, 0.5) is 0 Å². The van der Waals surface area contributed by atoms with Crippen LogP contribution in [0.2, 0.25) is 0 Å². The number of hydrogen-bond acceptors (Lipinski definition) is 3. The van der Waals surface area contributed by atoms with Gasteiger partial charge < -0.3 is 9.84 Å². The van der Waals surface area contributed by atoms with Crippen molar-refractivity contribution in [1.82, 2.24) is 0 Å². The van der Waals surface area contributed by atoms with E-state index < -0.39 is 12.9 Å². The molecule has 5 heteroatoms. The smallest absolute Gasteiger partial charge is 0.338 e. The molecule has 1 unspecified atom stereocenters. The Morgan fingerprint density at radius 3 is 1.64 bits per heavy atom. The number of hydrogen-bond donors (Lipinski definition) is 1. The molecular weight excluding hydrogens is 531 g/mol. The lowest BCUT2D eigenvalue weighted by Crippen LogP contribution is -2.37. The van der Waals surface area contributed by atoms with Crippen molar-refractivity contribution in [3.8, 4) is 0 Å². The normalized spacial score (nSPS) is 13.1. The Balaban J connectivity index is 1.55. The maximum absolute atomic E-state index is 12.4. The van der Waals surface area contributed by atoms with Gasteiger partial charge in [-0.1, -0.05) is 70.5 Å². The number of rotatable bonds is 10. The van der Waals surface area contributed by atoms with Crippen LogP contribution in [-0.4, -0.2) is 29.4 Å². The van der Waals surface area contributed by atoms with E-state index in [1.54, 1.807) is 12.1 Å². The largest absolute Gasteiger partial charge is 0.462 e. The Bertz CT molecular complexity index is 1150. The molecule has 0 amide bonds. The lowest BCUT2D eigenvalue weighted by atomic mass is 10.00. The van der Waals surface area contributed by atoms with Crippen LogP contribution in [0.1, 0.15) is 30.1 Å². The lowest BCUT2D eigenvalue weighted by molar-refractivity contribution is 0.0134. The molecule has 0 aliphatic rings. The van der Waals surface area contributed by atoms with Gasteiger partial charge in [-0.2, -0.15) is 0 Å². The van der Waals surface area contributed by atoms with Crippen molar-refractivity contribution in [2.45, 2.75) is 25.4 Å². The molecule has 1 N–H and O–H groups in total. The van der Waals surface area contributed by atoms with Gasteiger partial charge in [-0.05, 0) is 67.6 Å². The van der Waals surface area contributed by atoms with Crippen molar-refractivity contribution < 1.29 is 14.6 Å². The SMILES string of the molecule is CC(O)(CCOC(=O)c1ccc(Br)cc1)CC[P+](c1ccccc1)(c1ccccc1)c1ccccc1. The molecule has 1 atom stereocenters. The third-order valence-corrected chi connectivity index (χ3v) is 11.5. The maximum atomic E-state index is 12.4. The lowest BCUT2D eigenvalue weighted by Gasteiger charge is -2.31. The van der Waals surface area contributed by atoms with Crippen LogP contribution in [0.5, 0.6) is 0 Å². The molecule has 4 aromatic rings. The van der Waals surface area contributed by atoms with Gasteiger partial charge in [0.15, 0.2) is 0 Å². The Hall–Kier alpha value is -2.78. The number of benzene rings is 4. The average molecular weight is 562 g/mol. The molecule has 184 valence electrons. The number of carbonyl (C=O) groups is 1. The fourth-order valence-electron chi connectivity index (χ4n) is 4.45. The highest BCUT2D eigenvalue weighted by Gasteiger charge is 2.46. The van der Waals surface area contributed by atoms with Crippen molar-refractivity contribution in [3.63, 3.8) is 0 Å². The van der Waals surface area contributed by atoms with Gasteiger partial charge in [0.25, 0.3) is 0 Å². The van der Waals surface area contributed by atoms with E-state index in [0.717, 1.165) is 10.6 Å². The van der Waals surface area contributed by atoms with E-state index in [1.807, 2.05) is 37.3 Å². The molecule has 0 spiro atoms. The summed E-state index contributed by atoms with van der Waals surface area (Å²) in [6.45, 7) is 2.01. The molecule has 0 aromatic heterocycles. The topological polar surface area (TPSA) is 46.5 Å². The first kappa shape index (κ1) is 26.3. The molecule has 0 heterocycles. The molecule has 0 radical (unpaired) electrons. The van der Waals surface area contributed by atoms with E-state index in [4.69, 9.17) is 4.74 Å². The predicted molar refractivity (Wildman–Crippen MR) is 154 cm³/mol. The minimum Gasteiger partial charge on any atom is -0.462 e. The number of esters is 1. The molecule has 0 fully saturated rings. The zero-order valence-electron chi connectivity index (χ0n) is 20.4. The van der Waals surface area contributed by atoms with Crippen molar-refractivity contribution in [3.05, 3.63) is 125 Å². The standard InChI is InChI=1S/C31H31BrO3P/c1-31(34,21-23-35-30(33)25-17-19-26(32)20-18-25)22-24-36(27-11-5-2-6-12-27,28-13-7-3-8-14-28)29-15-9-4-10-16-29/h2-20,34H,21-24H2,1H3/q+1. The van der Waals surface area contributed by atoms with Crippen LogP contribution < -0.4 is 15.9 Å². The van der Waals surface area contributed by atoms with E-state index in [9.17, 15) is 9.90 Å². The minimum atomic E-state index is -2.03. The number of ether oxygens (including phenoxy) is 1. The van der Waals surface area contributed by atoms with Crippen LogP contribution in [-0.2, 0) is 4.74 Å². The molecule has 4 aromatic carbocycles. The zero-order valence-corrected chi connectivity index (χ0v) is 22.9. The summed E-state index contributed by atoms with van der Waals surface area (Å²) in [6, 6.07) is 39.0. The van der Waals surface area contributed by atoms with Gasteiger partial charge in [0.2, 0.25) is 0 Å². The third kappa shape index (κ3) is 6.31. The highest BCUT2D eigenvalue weighted by atomic mass is 79.9. The van der Waals surface area contributed by atoms with E-state index in [1.165, 1.54) is 15.9 Å². The molecule has 4 rings (SSSR count). The van der Waals surface area contributed by atoms with Gasteiger partial charge >= 0.3 is 5.97 Å². The number of aliphatic hydroxyl groups is 1. The van der Waals surface area contributed by atoms with Crippen LogP contribution in [0.3, 0.4) is 0 Å². The predicted octanol–water partition coefficient (Wildman–Crippen LogP) is 6.13. The number of halogens is 1. The third-order valence-electron chi connectivity index (χ3n) is 6.53.